The molecule has 0 aliphatic heterocycles. The number of hydrogen-bond donors (Lipinski definition) is 0. The Hall–Kier alpha value is -0.110. The van der Waals surface area contributed by atoms with Gasteiger partial charge in [-0.1, -0.05) is 40.9 Å². The lowest BCUT2D eigenvalue weighted by Gasteiger charge is -2.23. The average molecular weight is 283 g/mol. The molecule has 3 rings (SSSR count). The molecule has 0 aromatic carbocycles. The Labute approximate surface area is 106 Å². The van der Waals surface area contributed by atoms with E-state index in [4.69, 9.17) is 0 Å². The van der Waals surface area contributed by atoms with Crippen molar-refractivity contribution in [3.05, 3.63) is 11.1 Å². The number of ketones is 1. The molecule has 0 heterocycles. The van der Waals surface area contributed by atoms with E-state index < -0.39 is 0 Å². The van der Waals surface area contributed by atoms with Crippen molar-refractivity contribution < 1.29 is 4.79 Å². The smallest absolute Gasteiger partial charge is 0.153 e. The predicted molar refractivity (Wildman–Crippen MR) is 68.7 cm³/mol. The van der Waals surface area contributed by atoms with Crippen molar-refractivity contribution in [3.63, 3.8) is 0 Å². The van der Waals surface area contributed by atoms with E-state index in [9.17, 15) is 4.79 Å². The molecule has 1 saturated carbocycles. The van der Waals surface area contributed by atoms with Crippen LogP contribution in [0.2, 0.25) is 0 Å². The van der Waals surface area contributed by atoms with Crippen molar-refractivity contribution >= 4 is 21.7 Å². The first-order chi connectivity index (χ1) is 7.40. The molecular weight excluding hydrogens is 264 g/mol. The molecule has 0 radical (unpaired) electrons. The molecule has 88 valence electrons. The lowest BCUT2D eigenvalue weighted by Crippen LogP contribution is -2.28. The van der Waals surface area contributed by atoms with Gasteiger partial charge in [0.2, 0.25) is 0 Å². The van der Waals surface area contributed by atoms with Crippen molar-refractivity contribution in [1.82, 2.24) is 0 Å². The Balaban J connectivity index is 1.95. The number of halogens is 1. The summed E-state index contributed by atoms with van der Waals surface area (Å²) >= 11 is 3.74. The van der Waals surface area contributed by atoms with Gasteiger partial charge in [-0.05, 0) is 43.9 Å². The SMILES string of the molecule is CC1(C)CC2=C(C1)C[C@@]1(Br)CC[C@@H](C2)C1=O. The van der Waals surface area contributed by atoms with Gasteiger partial charge < -0.3 is 0 Å². The van der Waals surface area contributed by atoms with Crippen LogP contribution in [0.25, 0.3) is 0 Å². The van der Waals surface area contributed by atoms with E-state index in [1.807, 2.05) is 0 Å². The maximum Gasteiger partial charge on any atom is 0.153 e. The van der Waals surface area contributed by atoms with Gasteiger partial charge in [0.15, 0.2) is 5.78 Å². The van der Waals surface area contributed by atoms with E-state index in [1.54, 1.807) is 11.1 Å². The molecule has 0 saturated heterocycles. The summed E-state index contributed by atoms with van der Waals surface area (Å²) in [6.07, 6.45) is 6.62. The topological polar surface area (TPSA) is 17.1 Å². The minimum Gasteiger partial charge on any atom is -0.298 e. The fourth-order valence-corrected chi connectivity index (χ4v) is 4.79. The molecule has 0 amide bonds. The van der Waals surface area contributed by atoms with Crippen LogP contribution < -0.4 is 0 Å². The van der Waals surface area contributed by atoms with Crippen LogP contribution in [0.1, 0.15) is 52.4 Å². The molecule has 2 atom stereocenters. The third kappa shape index (κ3) is 1.53. The monoisotopic (exact) mass is 282 g/mol. The predicted octanol–water partition coefficient (Wildman–Crippen LogP) is 4.01. The van der Waals surface area contributed by atoms with E-state index in [0.717, 1.165) is 25.7 Å². The van der Waals surface area contributed by atoms with Crippen LogP contribution in [-0.4, -0.2) is 10.1 Å². The third-order valence-electron chi connectivity index (χ3n) is 4.57. The van der Waals surface area contributed by atoms with Gasteiger partial charge >= 0.3 is 0 Å². The third-order valence-corrected chi connectivity index (χ3v) is 5.64. The second kappa shape index (κ2) is 3.22. The molecule has 16 heavy (non-hydrogen) atoms. The summed E-state index contributed by atoms with van der Waals surface area (Å²) in [7, 11) is 0. The molecule has 0 aromatic heterocycles. The summed E-state index contributed by atoms with van der Waals surface area (Å²) in [6, 6.07) is 0. The molecule has 3 aliphatic rings. The van der Waals surface area contributed by atoms with Crippen LogP contribution >= 0.6 is 15.9 Å². The fraction of sp³-hybridized carbons (Fsp3) is 0.786. The van der Waals surface area contributed by atoms with Crippen molar-refractivity contribution in [2.75, 3.05) is 0 Å². The van der Waals surface area contributed by atoms with Crippen LogP contribution in [0.4, 0.5) is 0 Å². The van der Waals surface area contributed by atoms with Gasteiger partial charge in [0.05, 0.1) is 4.32 Å². The van der Waals surface area contributed by atoms with E-state index in [-0.39, 0.29) is 4.32 Å². The molecule has 2 bridgehead atoms. The quantitative estimate of drug-likeness (QED) is 0.485. The van der Waals surface area contributed by atoms with Gasteiger partial charge in [-0.15, -0.1) is 0 Å². The van der Waals surface area contributed by atoms with Gasteiger partial charge in [-0.25, -0.2) is 0 Å². The molecule has 3 aliphatic carbocycles. The maximum absolute atomic E-state index is 12.2. The number of allylic oxidation sites excluding steroid dienone is 2. The first-order valence-corrected chi connectivity index (χ1v) is 7.12. The number of Topliss-reactive ketones (excluding diaryl/α,β-unsaturated/α-hetero) is 1. The van der Waals surface area contributed by atoms with Crippen molar-refractivity contribution in [1.29, 1.82) is 0 Å². The largest absolute Gasteiger partial charge is 0.298 e. The zero-order chi connectivity index (χ0) is 11.6. The van der Waals surface area contributed by atoms with E-state index in [1.165, 1.54) is 12.8 Å². The first kappa shape index (κ1) is 11.0. The molecule has 0 aromatic rings. The highest BCUT2D eigenvalue weighted by atomic mass is 79.9. The Kier molecular flexibility index (Phi) is 2.21. The van der Waals surface area contributed by atoms with Crippen LogP contribution in [0.15, 0.2) is 11.1 Å². The number of alkyl halides is 1. The lowest BCUT2D eigenvalue weighted by atomic mass is 9.85. The van der Waals surface area contributed by atoms with Crippen LogP contribution in [0.5, 0.6) is 0 Å². The first-order valence-electron chi connectivity index (χ1n) is 6.33. The maximum atomic E-state index is 12.2. The zero-order valence-corrected chi connectivity index (χ0v) is 11.7. The molecule has 0 unspecified atom stereocenters. The molecule has 1 nitrogen and oxygen atoms in total. The van der Waals surface area contributed by atoms with Gasteiger partial charge in [0.25, 0.3) is 0 Å². The summed E-state index contributed by atoms with van der Waals surface area (Å²) in [5.41, 5.74) is 3.65. The van der Waals surface area contributed by atoms with Gasteiger partial charge in [0, 0.05) is 5.92 Å². The molecule has 2 heteroatoms. The van der Waals surface area contributed by atoms with Gasteiger partial charge in [0.1, 0.15) is 0 Å². The summed E-state index contributed by atoms with van der Waals surface area (Å²) in [5, 5.41) is 0. The van der Waals surface area contributed by atoms with Crippen molar-refractivity contribution in [2.45, 2.75) is 56.7 Å². The zero-order valence-electron chi connectivity index (χ0n) is 10.1. The summed E-state index contributed by atoms with van der Waals surface area (Å²) in [5.74, 6) is 0.806. The number of carbonyl (C=O) groups excluding carboxylic acids is 1. The minimum absolute atomic E-state index is 0.185. The van der Waals surface area contributed by atoms with E-state index >= 15 is 0 Å². The van der Waals surface area contributed by atoms with Gasteiger partial charge in [-0.2, -0.15) is 0 Å². The number of hydrogen-bond acceptors (Lipinski definition) is 1. The number of fused-ring (bicyclic) bond motifs is 2. The second-order valence-electron chi connectivity index (χ2n) is 6.67. The van der Waals surface area contributed by atoms with Crippen LogP contribution in [0, 0.1) is 11.3 Å². The fourth-order valence-electron chi connectivity index (χ4n) is 3.90. The van der Waals surface area contributed by atoms with Crippen molar-refractivity contribution in [2.24, 2.45) is 11.3 Å². The van der Waals surface area contributed by atoms with E-state index in [0.29, 0.717) is 17.1 Å². The Morgan fingerprint density at radius 3 is 2.62 bits per heavy atom. The van der Waals surface area contributed by atoms with Gasteiger partial charge in [-0.3, -0.25) is 4.79 Å². The Morgan fingerprint density at radius 2 is 1.88 bits per heavy atom. The number of carbonyl (C=O) groups is 1. The molecule has 1 fully saturated rings. The highest BCUT2D eigenvalue weighted by Gasteiger charge is 2.50. The summed E-state index contributed by atoms with van der Waals surface area (Å²) in [6.45, 7) is 4.71. The standard InChI is InChI=1S/C14H19BrO/c1-13(2)6-10-5-9-3-4-14(15,12(9)16)8-11(10)7-13/h9H,3-8H2,1-2H3/t9-,14-/m0/s1. The number of rotatable bonds is 0. The molecule has 0 spiro atoms. The van der Waals surface area contributed by atoms with E-state index in [2.05, 4.69) is 29.8 Å². The lowest BCUT2D eigenvalue weighted by molar-refractivity contribution is -0.122. The van der Waals surface area contributed by atoms with Crippen molar-refractivity contribution in [3.8, 4) is 0 Å². The summed E-state index contributed by atoms with van der Waals surface area (Å²) < 4.78 is -0.185. The minimum atomic E-state index is -0.185. The Bertz CT molecular complexity index is 394. The van der Waals surface area contributed by atoms with Crippen LogP contribution in [-0.2, 0) is 4.79 Å². The van der Waals surface area contributed by atoms with Crippen LogP contribution in [0.3, 0.4) is 0 Å². The molecular formula is C14H19BrO. The highest BCUT2D eigenvalue weighted by Crippen LogP contribution is 2.54. The average Bonchev–Trinajstić information content (AvgIpc) is 2.54. The second-order valence-corrected chi connectivity index (χ2v) is 8.19. The normalized spacial score (nSPS) is 41.2. The Morgan fingerprint density at radius 1 is 1.19 bits per heavy atom. The summed E-state index contributed by atoms with van der Waals surface area (Å²) in [4.78, 5) is 12.2. The molecule has 0 N–H and O–H groups in total. The highest BCUT2D eigenvalue weighted by molar-refractivity contribution is 9.10.